The summed E-state index contributed by atoms with van der Waals surface area (Å²) in [5.74, 6) is 0. The zero-order valence-electron chi connectivity index (χ0n) is 14.6. The Morgan fingerprint density at radius 1 is 1.33 bits per heavy atom. The molecule has 2 rings (SSSR count). The molecule has 1 atom stereocenters. The summed E-state index contributed by atoms with van der Waals surface area (Å²) in [6, 6.07) is 9.85. The van der Waals surface area contributed by atoms with E-state index in [-0.39, 0.29) is 12.2 Å². The van der Waals surface area contributed by atoms with Crippen LogP contribution in [0.15, 0.2) is 35.5 Å². The first-order valence-electron chi connectivity index (χ1n) is 8.21. The van der Waals surface area contributed by atoms with Gasteiger partial charge in [-0.2, -0.15) is 0 Å². The van der Waals surface area contributed by atoms with E-state index in [9.17, 15) is 4.79 Å². The third-order valence-electron chi connectivity index (χ3n) is 3.43. The molecule has 1 aromatic rings. The quantitative estimate of drug-likeness (QED) is 0.592. The lowest BCUT2D eigenvalue weighted by molar-refractivity contribution is 0.0240. The molecule has 1 amide bonds. The Balaban J connectivity index is 1.60. The molecule has 132 valence electrons. The van der Waals surface area contributed by atoms with Crippen molar-refractivity contribution in [2.75, 3.05) is 19.7 Å². The van der Waals surface area contributed by atoms with Crippen molar-refractivity contribution < 1.29 is 19.1 Å². The van der Waals surface area contributed by atoms with Crippen molar-refractivity contribution in [3.63, 3.8) is 0 Å². The number of benzene rings is 1. The monoisotopic (exact) mass is 334 g/mol. The molecule has 1 fully saturated rings. The second-order valence-electron chi connectivity index (χ2n) is 6.72. The van der Waals surface area contributed by atoms with Crippen LogP contribution in [0.4, 0.5) is 4.79 Å². The zero-order valence-corrected chi connectivity index (χ0v) is 14.6. The van der Waals surface area contributed by atoms with E-state index in [1.165, 1.54) is 0 Å². The van der Waals surface area contributed by atoms with E-state index in [1.54, 1.807) is 11.1 Å². The number of carbonyl (C=O) groups excluding carboxylic acids is 1. The van der Waals surface area contributed by atoms with Gasteiger partial charge in [0.2, 0.25) is 0 Å². The Morgan fingerprint density at radius 2 is 2.08 bits per heavy atom. The topological polar surface area (TPSA) is 60.4 Å². The first-order valence-corrected chi connectivity index (χ1v) is 8.21. The third-order valence-corrected chi connectivity index (χ3v) is 3.43. The highest BCUT2D eigenvalue weighted by molar-refractivity contribution is 5.68. The maximum absolute atomic E-state index is 12.0. The van der Waals surface area contributed by atoms with Gasteiger partial charge in [-0.25, -0.2) is 4.79 Å². The van der Waals surface area contributed by atoms with Crippen molar-refractivity contribution in [2.24, 2.45) is 5.16 Å². The Kier molecular flexibility index (Phi) is 6.61. The second-order valence-corrected chi connectivity index (χ2v) is 6.72. The summed E-state index contributed by atoms with van der Waals surface area (Å²) in [4.78, 5) is 18.8. The van der Waals surface area contributed by atoms with Crippen LogP contribution in [0.2, 0.25) is 0 Å². The number of hydrogen-bond donors (Lipinski definition) is 0. The number of ether oxygens (including phenoxy) is 2. The van der Waals surface area contributed by atoms with Crippen molar-refractivity contribution in [3.8, 4) is 0 Å². The normalized spacial score (nSPS) is 18.1. The standard InChI is InChI=1S/C18H26N2O4/c1-18(2,3)24-17(21)20-11-9-16(13-20)22-12-10-19-23-14-15-7-5-4-6-8-15/h4-8,10,16H,9,11-14H2,1-3H3/b19-10+. The molecule has 1 unspecified atom stereocenters. The first kappa shape index (κ1) is 18.3. The number of nitrogens with zero attached hydrogens (tertiary/aromatic N) is 2. The number of oxime groups is 1. The molecule has 0 aromatic heterocycles. The highest BCUT2D eigenvalue weighted by Crippen LogP contribution is 2.16. The summed E-state index contributed by atoms with van der Waals surface area (Å²) < 4.78 is 11.0. The summed E-state index contributed by atoms with van der Waals surface area (Å²) in [5, 5.41) is 3.87. The molecule has 6 nitrogen and oxygen atoms in total. The van der Waals surface area contributed by atoms with Gasteiger partial charge in [-0.3, -0.25) is 0 Å². The minimum Gasteiger partial charge on any atom is -0.444 e. The van der Waals surface area contributed by atoms with Gasteiger partial charge in [0.1, 0.15) is 12.2 Å². The maximum Gasteiger partial charge on any atom is 0.410 e. The molecule has 1 heterocycles. The van der Waals surface area contributed by atoms with Gasteiger partial charge >= 0.3 is 6.09 Å². The van der Waals surface area contributed by atoms with Gasteiger partial charge in [0, 0.05) is 6.54 Å². The number of carbonyl (C=O) groups is 1. The van der Waals surface area contributed by atoms with Gasteiger partial charge in [0.25, 0.3) is 0 Å². The lowest BCUT2D eigenvalue weighted by atomic mass is 10.2. The molecule has 0 aliphatic carbocycles. The van der Waals surface area contributed by atoms with E-state index >= 15 is 0 Å². The molecule has 1 aliphatic rings. The highest BCUT2D eigenvalue weighted by atomic mass is 16.6. The van der Waals surface area contributed by atoms with Gasteiger partial charge < -0.3 is 19.2 Å². The van der Waals surface area contributed by atoms with E-state index < -0.39 is 5.60 Å². The van der Waals surface area contributed by atoms with Crippen LogP contribution in [-0.2, 0) is 20.9 Å². The average molecular weight is 334 g/mol. The molecule has 1 aliphatic heterocycles. The fourth-order valence-electron chi connectivity index (χ4n) is 2.30. The molecule has 0 spiro atoms. The largest absolute Gasteiger partial charge is 0.444 e. The molecule has 1 aromatic carbocycles. The minimum atomic E-state index is -0.473. The fraction of sp³-hybridized carbons (Fsp3) is 0.556. The average Bonchev–Trinajstić information content (AvgIpc) is 2.99. The zero-order chi connectivity index (χ0) is 17.4. The molecular weight excluding hydrogens is 308 g/mol. The van der Waals surface area contributed by atoms with E-state index in [1.807, 2.05) is 51.1 Å². The van der Waals surface area contributed by atoms with Crippen LogP contribution >= 0.6 is 0 Å². The summed E-state index contributed by atoms with van der Waals surface area (Å²) in [6.45, 7) is 7.59. The number of likely N-dealkylation sites (tertiary alicyclic amines) is 1. The van der Waals surface area contributed by atoms with Gasteiger partial charge in [0.15, 0.2) is 0 Å². The Labute approximate surface area is 143 Å². The summed E-state index contributed by atoms with van der Waals surface area (Å²) in [5.41, 5.74) is 0.595. The summed E-state index contributed by atoms with van der Waals surface area (Å²) >= 11 is 0. The fourth-order valence-corrected chi connectivity index (χ4v) is 2.30. The lowest BCUT2D eigenvalue weighted by Gasteiger charge is -2.24. The predicted molar refractivity (Wildman–Crippen MR) is 91.9 cm³/mol. The maximum atomic E-state index is 12.0. The Hall–Kier alpha value is -2.08. The van der Waals surface area contributed by atoms with E-state index in [0.717, 1.165) is 12.0 Å². The van der Waals surface area contributed by atoms with Crippen LogP contribution in [0.1, 0.15) is 32.8 Å². The summed E-state index contributed by atoms with van der Waals surface area (Å²) in [6.07, 6.45) is 2.13. The smallest absolute Gasteiger partial charge is 0.410 e. The molecule has 6 heteroatoms. The Morgan fingerprint density at radius 3 is 2.79 bits per heavy atom. The van der Waals surface area contributed by atoms with Gasteiger partial charge in [-0.1, -0.05) is 35.5 Å². The van der Waals surface area contributed by atoms with Gasteiger partial charge in [-0.05, 0) is 32.8 Å². The second kappa shape index (κ2) is 8.68. The van der Waals surface area contributed by atoms with Gasteiger partial charge in [-0.15, -0.1) is 0 Å². The van der Waals surface area contributed by atoms with Crippen molar-refractivity contribution in [1.29, 1.82) is 0 Å². The molecular formula is C18H26N2O4. The van der Waals surface area contributed by atoms with E-state index in [0.29, 0.717) is 26.3 Å². The van der Waals surface area contributed by atoms with E-state index in [2.05, 4.69) is 5.16 Å². The van der Waals surface area contributed by atoms with Crippen LogP contribution < -0.4 is 0 Å². The van der Waals surface area contributed by atoms with Crippen LogP contribution in [-0.4, -0.2) is 48.6 Å². The third kappa shape index (κ3) is 6.58. The number of hydrogen-bond acceptors (Lipinski definition) is 5. The Bertz CT molecular complexity index is 540. The molecule has 1 saturated heterocycles. The van der Waals surface area contributed by atoms with Crippen molar-refractivity contribution in [2.45, 2.75) is 45.5 Å². The van der Waals surface area contributed by atoms with E-state index in [4.69, 9.17) is 14.3 Å². The molecule has 24 heavy (non-hydrogen) atoms. The number of amides is 1. The molecule has 0 N–H and O–H groups in total. The van der Waals surface area contributed by atoms with Crippen LogP contribution in [0, 0.1) is 0 Å². The van der Waals surface area contributed by atoms with Gasteiger partial charge in [0.05, 0.1) is 25.5 Å². The molecule has 0 bridgehead atoms. The summed E-state index contributed by atoms with van der Waals surface area (Å²) in [7, 11) is 0. The van der Waals surface area contributed by atoms with Crippen LogP contribution in [0.5, 0.6) is 0 Å². The molecule has 0 saturated carbocycles. The number of rotatable bonds is 6. The van der Waals surface area contributed by atoms with Crippen molar-refractivity contribution in [3.05, 3.63) is 35.9 Å². The van der Waals surface area contributed by atoms with Crippen molar-refractivity contribution in [1.82, 2.24) is 4.90 Å². The predicted octanol–water partition coefficient (Wildman–Crippen LogP) is 3.22. The van der Waals surface area contributed by atoms with Crippen molar-refractivity contribution >= 4 is 12.3 Å². The first-order chi connectivity index (χ1) is 11.4. The highest BCUT2D eigenvalue weighted by Gasteiger charge is 2.29. The van der Waals surface area contributed by atoms with Crippen LogP contribution in [0.3, 0.4) is 0 Å². The molecule has 0 radical (unpaired) electrons. The van der Waals surface area contributed by atoms with Crippen LogP contribution in [0.25, 0.3) is 0 Å². The SMILES string of the molecule is CC(C)(C)OC(=O)N1CCC(OC/C=N/OCc2ccccc2)C1. The lowest BCUT2D eigenvalue weighted by Crippen LogP contribution is -2.36. The minimum absolute atomic E-state index is 0.0121.